The number of amides is 1. The third kappa shape index (κ3) is 3.87. The molecule has 5 heteroatoms. The molecule has 2 rings (SSSR count). The van der Waals surface area contributed by atoms with E-state index in [0.717, 1.165) is 19.6 Å². The van der Waals surface area contributed by atoms with Gasteiger partial charge in [-0.25, -0.2) is 0 Å². The van der Waals surface area contributed by atoms with Crippen LogP contribution in [0.2, 0.25) is 5.02 Å². The van der Waals surface area contributed by atoms with E-state index >= 15 is 0 Å². The molecule has 1 fully saturated rings. The van der Waals surface area contributed by atoms with Crippen LogP contribution < -0.4 is 11.1 Å². The highest BCUT2D eigenvalue weighted by Crippen LogP contribution is 2.24. The van der Waals surface area contributed by atoms with E-state index < -0.39 is 0 Å². The number of rotatable bonds is 4. The second kappa shape index (κ2) is 6.46. The number of anilines is 2. The van der Waals surface area contributed by atoms with E-state index in [4.69, 9.17) is 17.3 Å². The highest BCUT2D eigenvalue weighted by Gasteiger charge is 2.25. The smallest absolute Gasteiger partial charge is 0.225 e. The van der Waals surface area contributed by atoms with Crippen LogP contribution in [0.15, 0.2) is 18.2 Å². The van der Waals surface area contributed by atoms with Crippen LogP contribution in [0, 0.1) is 11.8 Å². The fourth-order valence-electron chi connectivity index (χ4n) is 2.55. The van der Waals surface area contributed by atoms with Crippen molar-refractivity contribution in [1.82, 2.24) is 4.90 Å². The second-order valence-electron chi connectivity index (χ2n) is 5.74. The zero-order valence-electron chi connectivity index (χ0n) is 12.0. The largest absolute Gasteiger partial charge is 0.397 e. The van der Waals surface area contributed by atoms with Crippen molar-refractivity contribution in [2.45, 2.75) is 20.3 Å². The van der Waals surface area contributed by atoms with Gasteiger partial charge in [0.15, 0.2) is 0 Å². The molecular formula is C15H22ClN3O. The summed E-state index contributed by atoms with van der Waals surface area (Å²) >= 11 is 5.83. The molecule has 2 atom stereocenters. The Bertz CT molecular complexity index is 482. The summed E-state index contributed by atoms with van der Waals surface area (Å²) in [5.74, 6) is 1.42. The Morgan fingerprint density at radius 3 is 2.65 bits per heavy atom. The Balaban J connectivity index is 1.81. The van der Waals surface area contributed by atoms with Crippen molar-refractivity contribution in [3.05, 3.63) is 23.2 Å². The van der Waals surface area contributed by atoms with E-state index in [1.54, 1.807) is 18.2 Å². The molecule has 2 unspecified atom stereocenters. The van der Waals surface area contributed by atoms with Gasteiger partial charge in [0, 0.05) is 31.1 Å². The van der Waals surface area contributed by atoms with Gasteiger partial charge in [-0.15, -0.1) is 0 Å². The van der Waals surface area contributed by atoms with Crippen molar-refractivity contribution in [3.63, 3.8) is 0 Å². The van der Waals surface area contributed by atoms with E-state index in [0.29, 0.717) is 34.7 Å². The maximum absolute atomic E-state index is 11.9. The molecule has 4 nitrogen and oxygen atoms in total. The van der Waals surface area contributed by atoms with Crippen molar-refractivity contribution in [2.75, 3.05) is 30.7 Å². The molecule has 3 N–H and O–H groups in total. The molecular weight excluding hydrogens is 274 g/mol. The third-order valence-corrected chi connectivity index (χ3v) is 4.24. The van der Waals surface area contributed by atoms with Gasteiger partial charge in [-0.05, 0) is 30.0 Å². The topological polar surface area (TPSA) is 58.4 Å². The maximum atomic E-state index is 11.9. The van der Waals surface area contributed by atoms with E-state index in [-0.39, 0.29) is 5.91 Å². The van der Waals surface area contributed by atoms with E-state index in [1.807, 2.05) is 0 Å². The SMILES string of the molecule is CC1CN(CCC(=O)Nc2ccc(Cl)cc2N)CC1C. The van der Waals surface area contributed by atoms with Gasteiger partial charge in [-0.1, -0.05) is 25.4 Å². The molecule has 1 amide bonds. The first-order valence-electron chi connectivity index (χ1n) is 7.03. The molecule has 20 heavy (non-hydrogen) atoms. The molecule has 0 aliphatic carbocycles. The normalized spacial score (nSPS) is 22.9. The Labute approximate surface area is 125 Å². The molecule has 0 aromatic heterocycles. The fourth-order valence-corrected chi connectivity index (χ4v) is 2.73. The minimum atomic E-state index is -0.00812. The lowest BCUT2D eigenvalue weighted by Crippen LogP contribution is -2.26. The third-order valence-electron chi connectivity index (χ3n) is 4.01. The Kier molecular flexibility index (Phi) is 4.89. The van der Waals surface area contributed by atoms with Gasteiger partial charge >= 0.3 is 0 Å². The van der Waals surface area contributed by atoms with Crippen LogP contribution in [-0.4, -0.2) is 30.4 Å². The minimum Gasteiger partial charge on any atom is -0.397 e. The van der Waals surface area contributed by atoms with Crippen LogP contribution in [0.5, 0.6) is 0 Å². The summed E-state index contributed by atoms with van der Waals surface area (Å²) in [7, 11) is 0. The number of halogens is 1. The average Bonchev–Trinajstić information content (AvgIpc) is 2.70. The van der Waals surface area contributed by atoms with Crippen molar-refractivity contribution in [2.24, 2.45) is 11.8 Å². The number of nitrogens with one attached hydrogen (secondary N) is 1. The maximum Gasteiger partial charge on any atom is 0.225 e. The Morgan fingerprint density at radius 2 is 2.05 bits per heavy atom. The van der Waals surface area contributed by atoms with Crippen molar-refractivity contribution in [1.29, 1.82) is 0 Å². The number of hydrogen-bond donors (Lipinski definition) is 2. The molecule has 1 aromatic rings. The van der Waals surface area contributed by atoms with Crippen LogP contribution in [0.1, 0.15) is 20.3 Å². The van der Waals surface area contributed by atoms with Gasteiger partial charge in [-0.2, -0.15) is 0 Å². The molecule has 1 aliphatic rings. The molecule has 1 aliphatic heterocycles. The number of likely N-dealkylation sites (tertiary alicyclic amines) is 1. The van der Waals surface area contributed by atoms with Crippen molar-refractivity contribution >= 4 is 28.9 Å². The summed E-state index contributed by atoms with van der Waals surface area (Å²) in [6, 6.07) is 5.09. The van der Waals surface area contributed by atoms with E-state index in [2.05, 4.69) is 24.1 Å². The highest BCUT2D eigenvalue weighted by molar-refractivity contribution is 6.31. The number of nitrogens with zero attached hydrogens (tertiary/aromatic N) is 1. The zero-order chi connectivity index (χ0) is 14.7. The van der Waals surface area contributed by atoms with Crippen molar-refractivity contribution in [3.8, 4) is 0 Å². The first-order chi connectivity index (χ1) is 9.45. The summed E-state index contributed by atoms with van der Waals surface area (Å²) < 4.78 is 0. The standard InChI is InChI=1S/C15H22ClN3O/c1-10-8-19(9-11(10)2)6-5-15(20)18-14-4-3-12(16)7-13(14)17/h3-4,7,10-11H,5-6,8-9,17H2,1-2H3,(H,18,20). The number of nitrogens with two attached hydrogens (primary N) is 1. The molecule has 0 radical (unpaired) electrons. The summed E-state index contributed by atoms with van der Waals surface area (Å²) in [6.07, 6.45) is 0.488. The van der Waals surface area contributed by atoms with Gasteiger partial charge in [-0.3, -0.25) is 4.79 Å². The molecule has 1 heterocycles. The number of carbonyl (C=O) groups is 1. The average molecular weight is 296 g/mol. The lowest BCUT2D eigenvalue weighted by molar-refractivity contribution is -0.116. The van der Waals surface area contributed by atoms with E-state index in [9.17, 15) is 4.79 Å². The monoisotopic (exact) mass is 295 g/mol. The fraction of sp³-hybridized carbons (Fsp3) is 0.533. The lowest BCUT2D eigenvalue weighted by Gasteiger charge is -2.15. The molecule has 0 spiro atoms. The van der Waals surface area contributed by atoms with Crippen LogP contribution >= 0.6 is 11.6 Å². The molecule has 110 valence electrons. The van der Waals surface area contributed by atoms with Crippen LogP contribution in [-0.2, 0) is 4.79 Å². The van der Waals surface area contributed by atoms with Gasteiger partial charge in [0.2, 0.25) is 5.91 Å². The second-order valence-corrected chi connectivity index (χ2v) is 6.18. The van der Waals surface area contributed by atoms with Gasteiger partial charge < -0.3 is 16.0 Å². The number of benzene rings is 1. The molecule has 1 saturated heterocycles. The first-order valence-corrected chi connectivity index (χ1v) is 7.40. The first kappa shape index (κ1) is 15.1. The van der Waals surface area contributed by atoms with Gasteiger partial charge in [0.05, 0.1) is 11.4 Å². The lowest BCUT2D eigenvalue weighted by atomic mass is 10.0. The Morgan fingerprint density at radius 1 is 1.40 bits per heavy atom. The highest BCUT2D eigenvalue weighted by atomic mass is 35.5. The van der Waals surface area contributed by atoms with Gasteiger partial charge in [0.1, 0.15) is 0 Å². The zero-order valence-corrected chi connectivity index (χ0v) is 12.8. The molecule has 0 bridgehead atoms. The van der Waals surface area contributed by atoms with E-state index in [1.165, 1.54) is 0 Å². The van der Waals surface area contributed by atoms with Gasteiger partial charge in [0.25, 0.3) is 0 Å². The summed E-state index contributed by atoms with van der Waals surface area (Å²) in [4.78, 5) is 14.3. The van der Waals surface area contributed by atoms with Crippen LogP contribution in [0.3, 0.4) is 0 Å². The summed E-state index contributed by atoms with van der Waals surface area (Å²) in [5.41, 5.74) is 6.94. The van der Waals surface area contributed by atoms with Crippen molar-refractivity contribution < 1.29 is 4.79 Å². The quantitative estimate of drug-likeness (QED) is 0.840. The summed E-state index contributed by atoms with van der Waals surface area (Å²) in [5, 5.41) is 3.40. The predicted octanol–water partition coefficient (Wildman–Crippen LogP) is 2.84. The number of nitrogen functional groups attached to an aromatic ring is 1. The predicted molar refractivity (Wildman–Crippen MR) is 83.9 cm³/mol. The Hall–Kier alpha value is -1.26. The molecule has 0 saturated carbocycles. The minimum absolute atomic E-state index is 0.00812. The van der Waals surface area contributed by atoms with Crippen LogP contribution in [0.25, 0.3) is 0 Å². The summed E-state index contributed by atoms with van der Waals surface area (Å²) in [6.45, 7) is 7.49. The molecule has 1 aromatic carbocycles. The number of hydrogen-bond acceptors (Lipinski definition) is 3. The van der Waals surface area contributed by atoms with Crippen LogP contribution in [0.4, 0.5) is 11.4 Å². The number of carbonyl (C=O) groups excluding carboxylic acids is 1.